The molecule has 8 heteroatoms. The number of hydrogen-bond donors (Lipinski definition) is 3. The van der Waals surface area contributed by atoms with E-state index in [1.54, 1.807) is 0 Å². The van der Waals surface area contributed by atoms with E-state index < -0.39 is 5.97 Å². The van der Waals surface area contributed by atoms with E-state index in [4.69, 9.17) is 5.11 Å². The van der Waals surface area contributed by atoms with Crippen LogP contribution in [0.3, 0.4) is 0 Å². The molecule has 0 saturated heterocycles. The van der Waals surface area contributed by atoms with Crippen LogP contribution in [0.5, 0.6) is 0 Å². The van der Waals surface area contributed by atoms with Gasteiger partial charge in [0.05, 0.1) is 5.01 Å². The van der Waals surface area contributed by atoms with E-state index in [1.807, 2.05) is 0 Å². The standard InChI is InChI=1S/C19H27N3O4S/c23-17(20-10-9-16-22-15(11-27-16)19(25)26)13-5-7-14(8-6-13)21-18(24)12-3-1-2-4-12/h11-14H,1-10H2,(H,20,23)(H,21,24)(H,25,26). The van der Waals surface area contributed by atoms with Crippen LogP contribution in [0.25, 0.3) is 0 Å². The maximum absolute atomic E-state index is 12.3. The Bertz CT molecular complexity index is 676. The molecule has 3 N–H and O–H groups in total. The molecule has 2 aliphatic carbocycles. The van der Waals surface area contributed by atoms with Crippen LogP contribution in [0.4, 0.5) is 0 Å². The highest BCUT2D eigenvalue weighted by Gasteiger charge is 2.29. The van der Waals surface area contributed by atoms with E-state index in [1.165, 1.54) is 16.7 Å². The van der Waals surface area contributed by atoms with Crippen molar-refractivity contribution in [3.8, 4) is 0 Å². The molecular formula is C19H27N3O4S. The van der Waals surface area contributed by atoms with Crippen molar-refractivity contribution in [3.63, 3.8) is 0 Å². The minimum atomic E-state index is -1.03. The first-order valence-corrected chi connectivity index (χ1v) is 10.7. The van der Waals surface area contributed by atoms with E-state index >= 15 is 0 Å². The number of nitrogens with zero attached hydrogens (tertiary/aromatic N) is 1. The molecule has 0 bridgehead atoms. The molecule has 2 aliphatic rings. The molecule has 0 radical (unpaired) electrons. The highest BCUT2D eigenvalue weighted by Crippen LogP contribution is 2.27. The van der Waals surface area contributed by atoms with Gasteiger partial charge in [-0.05, 0) is 38.5 Å². The van der Waals surface area contributed by atoms with Crippen molar-refractivity contribution in [2.24, 2.45) is 11.8 Å². The van der Waals surface area contributed by atoms with Crippen LogP contribution < -0.4 is 10.6 Å². The molecule has 0 aromatic carbocycles. The van der Waals surface area contributed by atoms with Crippen molar-refractivity contribution >= 4 is 29.1 Å². The van der Waals surface area contributed by atoms with Gasteiger partial charge in [0.15, 0.2) is 5.69 Å². The number of thiazole rings is 1. The summed E-state index contributed by atoms with van der Waals surface area (Å²) in [6.07, 6.45) is 8.16. The molecule has 2 amide bonds. The zero-order chi connectivity index (χ0) is 19.2. The monoisotopic (exact) mass is 393 g/mol. The number of carboxylic acids is 1. The minimum absolute atomic E-state index is 0.00416. The van der Waals surface area contributed by atoms with Crippen molar-refractivity contribution in [2.75, 3.05) is 6.54 Å². The van der Waals surface area contributed by atoms with E-state index in [-0.39, 0.29) is 35.4 Å². The Morgan fingerprint density at radius 3 is 2.33 bits per heavy atom. The second kappa shape index (κ2) is 9.30. The van der Waals surface area contributed by atoms with Gasteiger partial charge >= 0.3 is 5.97 Å². The number of hydrogen-bond acceptors (Lipinski definition) is 5. The average molecular weight is 394 g/mol. The molecule has 0 unspecified atom stereocenters. The number of amides is 2. The van der Waals surface area contributed by atoms with Gasteiger partial charge in [0.1, 0.15) is 0 Å². The highest BCUT2D eigenvalue weighted by atomic mass is 32.1. The van der Waals surface area contributed by atoms with E-state index in [0.29, 0.717) is 18.0 Å². The SMILES string of the molecule is O=C(O)c1csc(CCNC(=O)C2CCC(NC(=O)C3CCCC3)CC2)n1. The second-order valence-electron chi connectivity index (χ2n) is 7.51. The molecule has 2 fully saturated rings. The van der Waals surface area contributed by atoms with Crippen molar-refractivity contribution in [2.45, 2.75) is 63.8 Å². The summed E-state index contributed by atoms with van der Waals surface area (Å²) in [5.74, 6) is -0.595. The largest absolute Gasteiger partial charge is 0.476 e. The molecule has 27 heavy (non-hydrogen) atoms. The van der Waals surface area contributed by atoms with Gasteiger partial charge in [0.2, 0.25) is 11.8 Å². The zero-order valence-corrected chi connectivity index (χ0v) is 16.2. The van der Waals surface area contributed by atoms with Crippen LogP contribution in [0.1, 0.15) is 66.9 Å². The fourth-order valence-corrected chi connectivity index (χ4v) is 4.74. The van der Waals surface area contributed by atoms with Gasteiger partial charge in [-0.2, -0.15) is 0 Å². The Labute approximate surface area is 162 Å². The summed E-state index contributed by atoms with van der Waals surface area (Å²) < 4.78 is 0. The third kappa shape index (κ3) is 5.51. The van der Waals surface area contributed by atoms with E-state index in [9.17, 15) is 14.4 Å². The summed E-state index contributed by atoms with van der Waals surface area (Å²) in [4.78, 5) is 39.4. The molecule has 1 heterocycles. The highest BCUT2D eigenvalue weighted by molar-refractivity contribution is 7.09. The Morgan fingerprint density at radius 2 is 1.70 bits per heavy atom. The summed E-state index contributed by atoms with van der Waals surface area (Å²) in [6, 6.07) is 0.201. The molecule has 0 atom stereocenters. The van der Waals surface area contributed by atoms with Crippen LogP contribution >= 0.6 is 11.3 Å². The Balaban J connectivity index is 1.34. The third-order valence-electron chi connectivity index (χ3n) is 5.58. The molecule has 2 saturated carbocycles. The number of aromatic carboxylic acids is 1. The fraction of sp³-hybridized carbons (Fsp3) is 0.684. The van der Waals surface area contributed by atoms with Crippen molar-refractivity contribution < 1.29 is 19.5 Å². The van der Waals surface area contributed by atoms with Gasteiger partial charge in [-0.25, -0.2) is 9.78 Å². The lowest BCUT2D eigenvalue weighted by atomic mass is 9.85. The summed E-state index contributed by atoms with van der Waals surface area (Å²) in [6.45, 7) is 0.462. The van der Waals surface area contributed by atoms with Crippen LogP contribution in [0.2, 0.25) is 0 Å². The smallest absolute Gasteiger partial charge is 0.355 e. The molecule has 7 nitrogen and oxygen atoms in total. The van der Waals surface area contributed by atoms with Crippen LogP contribution in [-0.4, -0.2) is 40.5 Å². The number of carboxylic acid groups (broad SMARTS) is 1. The van der Waals surface area contributed by atoms with Gasteiger partial charge in [-0.1, -0.05) is 12.8 Å². The first-order valence-electron chi connectivity index (χ1n) is 9.78. The lowest BCUT2D eigenvalue weighted by Gasteiger charge is -2.29. The number of nitrogens with one attached hydrogen (secondary N) is 2. The van der Waals surface area contributed by atoms with Crippen LogP contribution in [0.15, 0.2) is 5.38 Å². The number of aromatic nitrogens is 1. The molecule has 0 aliphatic heterocycles. The Hall–Kier alpha value is -1.96. The van der Waals surface area contributed by atoms with Gasteiger partial charge in [-0.15, -0.1) is 11.3 Å². The molecule has 3 rings (SSSR count). The van der Waals surface area contributed by atoms with Crippen molar-refractivity contribution in [1.82, 2.24) is 15.6 Å². The molecule has 148 valence electrons. The Kier molecular flexibility index (Phi) is 6.82. The van der Waals surface area contributed by atoms with Gasteiger partial charge in [0.25, 0.3) is 0 Å². The molecule has 1 aromatic rings. The lowest BCUT2D eigenvalue weighted by molar-refractivity contribution is -0.126. The van der Waals surface area contributed by atoms with Crippen molar-refractivity contribution in [1.29, 1.82) is 0 Å². The molecule has 0 spiro atoms. The normalized spacial score (nSPS) is 23.1. The lowest BCUT2D eigenvalue weighted by Crippen LogP contribution is -2.42. The number of carbonyl (C=O) groups excluding carboxylic acids is 2. The Morgan fingerprint density at radius 1 is 1.04 bits per heavy atom. The van der Waals surface area contributed by atoms with Crippen LogP contribution in [0, 0.1) is 11.8 Å². The number of carbonyl (C=O) groups is 3. The summed E-state index contributed by atoms with van der Waals surface area (Å²) in [5.41, 5.74) is 0.0549. The first kappa shape index (κ1) is 19.8. The first-order chi connectivity index (χ1) is 13.0. The average Bonchev–Trinajstić information content (AvgIpc) is 3.34. The fourth-order valence-electron chi connectivity index (χ4n) is 3.97. The maximum Gasteiger partial charge on any atom is 0.355 e. The number of rotatable bonds is 7. The van der Waals surface area contributed by atoms with Crippen molar-refractivity contribution in [3.05, 3.63) is 16.1 Å². The van der Waals surface area contributed by atoms with E-state index in [2.05, 4.69) is 15.6 Å². The quantitative estimate of drug-likeness (QED) is 0.659. The van der Waals surface area contributed by atoms with Gasteiger partial charge in [0, 0.05) is 36.2 Å². The second-order valence-corrected chi connectivity index (χ2v) is 8.45. The minimum Gasteiger partial charge on any atom is -0.476 e. The maximum atomic E-state index is 12.3. The molecule has 1 aromatic heterocycles. The van der Waals surface area contributed by atoms with Gasteiger partial charge in [-0.3, -0.25) is 9.59 Å². The van der Waals surface area contributed by atoms with Gasteiger partial charge < -0.3 is 15.7 Å². The van der Waals surface area contributed by atoms with Crippen LogP contribution in [-0.2, 0) is 16.0 Å². The van der Waals surface area contributed by atoms with E-state index in [0.717, 1.165) is 51.4 Å². The topological polar surface area (TPSA) is 108 Å². The summed E-state index contributed by atoms with van der Waals surface area (Å²) in [5, 5.41) is 17.2. The summed E-state index contributed by atoms with van der Waals surface area (Å²) in [7, 11) is 0. The molecular weight excluding hydrogens is 366 g/mol. The predicted molar refractivity (Wildman–Crippen MR) is 102 cm³/mol. The summed E-state index contributed by atoms with van der Waals surface area (Å²) >= 11 is 1.30. The zero-order valence-electron chi connectivity index (χ0n) is 15.4. The third-order valence-corrected chi connectivity index (χ3v) is 6.49. The predicted octanol–water partition coefficient (Wildman–Crippen LogP) is 2.37.